The van der Waals surface area contributed by atoms with Crippen LogP contribution in [0.15, 0.2) is 18.3 Å². The van der Waals surface area contributed by atoms with E-state index in [1.54, 1.807) is 6.08 Å². The Labute approximate surface area is 95.8 Å². The van der Waals surface area contributed by atoms with E-state index in [0.717, 1.165) is 10.8 Å². The fourth-order valence-corrected chi connectivity index (χ4v) is 1.89. The minimum atomic E-state index is -1.30. The molecule has 6 nitrogen and oxygen atoms in total. The number of rotatable bonds is 1. The van der Waals surface area contributed by atoms with E-state index in [2.05, 4.69) is 0 Å². The average molecular weight is 235 g/mol. The van der Waals surface area contributed by atoms with Crippen LogP contribution < -0.4 is 0 Å². The molecule has 0 radical (unpaired) electrons. The molecule has 0 saturated heterocycles. The van der Waals surface area contributed by atoms with Gasteiger partial charge in [0, 0.05) is 11.9 Å². The number of nitrogens with zero attached hydrogens (tertiary/aromatic N) is 1. The van der Waals surface area contributed by atoms with Crippen LogP contribution in [0.4, 0.5) is 4.79 Å². The third-order valence-corrected chi connectivity index (χ3v) is 2.61. The molecule has 0 fully saturated rings. The normalized spacial score (nSPS) is 14.2. The summed E-state index contributed by atoms with van der Waals surface area (Å²) in [6.45, 7) is 0. The number of carboxylic acids is 1. The van der Waals surface area contributed by atoms with Gasteiger partial charge in [-0.3, -0.25) is 9.36 Å². The van der Waals surface area contributed by atoms with Gasteiger partial charge in [-0.05, 0) is 18.9 Å². The van der Waals surface area contributed by atoms with Crippen LogP contribution in [0.25, 0.3) is 0 Å². The summed E-state index contributed by atoms with van der Waals surface area (Å²) in [6.07, 6.45) is 3.42. The van der Waals surface area contributed by atoms with Crippen molar-refractivity contribution < 1.29 is 24.6 Å². The molecule has 0 bridgehead atoms. The predicted molar refractivity (Wildman–Crippen MR) is 56.6 cm³/mol. The summed E-state index contributed by atoms with van der Waals surface area (Å²) >= 11 is 0. The molecular weight excluding hydrogens is 226 g/mol. The maximum atomic E-state index is 11.7. The number of aromatic nitrogens is 1. The molecule has 0 unspecified atom stereocenters. The molecule has 0 aromatic carbocycles. The van der Waals surface area contributed by atoms with E-state index in [0.29, 0.717) is 12.8 Å². The minimum absolute atomic E-state index is 0.0198. The largest absolute Gasteiger partial charge is 0.478 e. The van der Waals surface area contributed by atoms with Crippen molar-refractivity contribution >= 4 is 17.8 Å². The van der Waals surface area contributed by atoms with Crippen LogP contribution in [0.5, 0.6) is 0 Å². The first-order chi connectivity index (χ1) is 8.02. The van der Waals surface area contributed by atoms with Crippen molar-refractivity contribution in [3.63, 3.8) is 0 Å². The topological polar surface area (TPSA) is 96.6 Å². The average Bonchev–Trinajstić information content (AvgIpc) is 2.54. The summed E-state index contributed by atoms with van der Waals surface area (Å²) in [7, 11) is 0. The van der Waals surface area contributed by atoms with Crippen molar-refractivity contribution in [2.24, 2.45) is 0 Å². The summed E-state index contributed by atoms with van der Waals surface area (Å²) in [4.78, 5) is 33.7. The van der Waals surface area contributed by atoms with Crippen LogP contribution in [0.1, 0.15) is 32.8 Å². The molecule has 0 saturated carbocycles. The summed E-state index contributed by atoms with van der Waals surface area (Å²) in [5, 5.41) is 17.9. The van der Waals surface area contributed by atoms with E-state index in [4.69, 9.17) is 10.2 Å². The van der Waals surface area contributed by atoms with E-state index in [1.165, 1.54) is 6.08 Å². The lowest BCUT2D eigenvalue weighted by atomic mass is 10.1. The quantitative estimate of drug-likeness (QED) is 0.766. The molecule has 6 heteroatoms. The van der Waals surface area contributed by atoms with Crippen molar-refractivity contribution in [2.45, 2.75) is 12.8 Å². The summed E-state index contributed by atoms with van der Waals surface area (Å²) in [5.74, 6) is -1.76. The molecule has 1 aliphatic rings. The Morgan fingerprint density at radius 3 is 2.59 bits per heavy atom. The van der Waals surface area contributed by atoms with E-state index >= 15 is 0 Å². The molecule has 17 heavy (non-hydrogen) atoms. The van der Waals surface area contributed by atoms with Gasteiger partial charge < -0.3 is 10.2 Å². The summed E-state index contributed by atoms with van der Waals surface area (Å²) in [6, 6.07) is 0. The number of ketones is 1. The molecule has 1 aliphatic carbocycles. The first-order valence-corrected chi connectivity index (χ1v) is 4.94. The minimum Gasteiger partial charge on any atom is -0.478 e. The molecule has 88 valence electrons. The van der Waals surface area contributed by atoms with Crippen molar-refractivity contribution in [3.8, 4) is 0 Å². The maximum Gasteiger partial charge on any atom is 0.415 e. The highest BCUT2D eigenvalue weighted by atomic mass is 16.4. The second kappa shape index (κ2) is 3.89. The van der Waals surface area contributed by atoms with Gasteiger partial charge in [0.2, 0.25) is 0 Å². The lowest BCUT2D eigenvalue weighted by Crippen LogP contribution is -2.11. The molecule has 0 spiro atoms. The number of hydrogen-bond donors (Lipinski definition) is 2. The summed E-state index contributed by atoms with van der Waals surface area (Å²) < 4.78 is 0.809. The predicted octanol–water partition coefficient (Wildman–Crippen LogP) is 1.40. The van der Waals surface area contributed by atoms with E-state index in [-0.39, 0.29) is 16.8 Å². The number of hydrogen-bond acceptors (Lipinski definition) is 3. The molecule has 0 amide bonds. The number of fused-ring (bicyclic) bond motifs is 1. The van der Waals surface area contributed by atoms with Crippen LogP contribution in [0.3, 0.4) is 0 Å². The zero-order valence-corrected chi connectivity index (χ0v) is 8.71. The zero-order chi connectivity index (χ0) is 12.6. The van der Waals surface area contributed by atoms with Gasteiger partial charge in [-0.15, -0.1) is 0 Å². The second-order valence-corrected chi connectivity index (χ2v) is 3.63. The highest BCUT2D eigenvalue weighted by Crippen LogP contribution is 2.23. The van der Waals surface area contributed by atoms with Gasteiger partial charge in [-0.25, -0.2) is 9.59 Å². The smallest absolute Gasteiger partial charge is 0.415 e. The molecular formula is C11H9NO5. The number of aromatic carboxylic acids is 1. The van der Waals surface area contributed by atoms with Crippen LogP contribution in [-0.4, -0.2) is 32.6 Å². The fourth-order valence-electron chi connectivity index (χ4n) is 1.89. The Morgan fingerprint density at radius 2 is 2.00 bits per heavy atom. The first-order valence-electron chi connectivity index (χ1n) is 4.94. The molecule has 1 aromatic rings. The Balaban J connectivity index is 2.72. The van der Waals surface area contributed by atoms with Crippen molar-refractivity contribution in [1.82, 2.24) is 4.57 Å². The van der Waals surface area contributed by atoms with Gasteiger partial charge in [0.1, 0.15) is 0 Å². The Bertz CT molecular complexity index is 552. The molecule has 2 rings (SSSR count). The Hall–Kier alpha value is -2.37. The van der Waals surface area contributed by atoms with E-state index in [1.807, 2.05) is 0 Å². The van der Waals surface area contributed by atoms with Crippen LogP contribution in [0.2, 0.25) is 0 Å². The monoisotopic (exact) mass is 235 g/mol. The van der Waals surface area contributed by atoms with Crippen LogP contribution in [0, 0.1) is 0 Å². The van der Waals surface area contributed by atoms with Gasteiger partial charge in [-0.1, -0.05) is 6.08 Å². The highest BCUT2D eigenvalue weighted by molar-refractivity contribution is 6.12. The lowest BCUT2D eigenvalue weighted by Gasteiger charge is -2.02. The lowest BCUT2D eigenvalue weighted by molar-refractivity contribution is 0.0693. The van der Waals surface area contributed by atoms with Crippen molar-refractivity contribution in [3.05, 3.63) is 35.2 Å². The molecule has 0 atom stereocenters. The van der Waals surface area contributed by atoms with Gasteiger partial charge in [0.05, 0.1) is 11.1 Å². The maximum absolute atomic E-state index is 11.7. The third kappa shape index (κ3) is 1.73. The fraction of sp³-hybridized carbons (Fsp3) is 0.182. The van der Waals surface area contributed by atoms with Crippen LogP contribution >= 0.6 is 0 Å². The van der Waals surface area contributed by atoms with Gasteiger partial charge in [0.25, 0.3) is 0 Å². The Morgan fingerprint density at radius 1 is 1.29 bits per heavy atom. The van der Waals surface area contributed by atoms with Crippen LogP contribution in [-0.2, 0) is 6.42 Å². The third-order valence-electron chi connectivity index (χ3n) is 2.61. The molecule has 1 heterocycles. The Kier molecular flexibility index (Phi) is 2.55. The number of carboxylic acid groups (broad SMARTS) is 2. The highest BCUT2D eigenvalue weighted by Gasteiger charge is 2.27. The van der Waals surface area contributed by atoms with Gasteiger partial charge in [0.15, 0.2) is 5.78 Å². The molecule has 0 aliphatic heterocycles. The van der Waals surface area contributed by atoms with E-state index < -0.39 is 17.8 Å². The molecule has 1 aromatic heterocycles. The molecule has 2 N–H and O–H groups in total. The number of carbonyl (C=O) groups excluding carboxylic acids is 1. The standard InChI is InChI=1S/C11H9NO5/c13-8-4-2-1-3-7-9(8)6(10(14)15)5-12(7)11(16)17/h2,4-5H,1,3H2,(H,14,15)(H,16,17). The summed E-state index contributed by atoms with van der Waals surface area (Å²) in [5.41, 5.74) is -0.0440. The zero-order valence-electron chi connectivity index (χ0n) is 8.71. The SMILES string of the molecule is O=C(O)c1cn(C(=O)O)c2c1C(=O)C=CCC2. The number of carbonyl (C=O) groups is 3. The number of allylic oxidation sites excluding steroid dienone is 2. The van der Waals surface area contributed by atoms with Crippen molar-refractivity contribution in [2.75, 3.05) is 0 Å². The van der Waals surface area contributed by atoms with Crippen molar-refractivity contribution in [1.29, 1.82) is 0 Å². The second-order valence-electron chi connectivity index (χ2n) is 3.63. The van der Waals surface area contributed by atoms with Gasteiger partial charge in [-0.2, -0.15) is 0 Å². The van der Waals surface area contributed by atoms with Gasteiger partial charge >= 0.3 is 12.1 Å². The van der Waals surface area contributed by atoms with E-state index in [9.17, 15) is 14.4 Å². The first kappa shape index (κ1) is 11.1.